The highest BCUT2D eigenvalue weighted by Crippen LogP contribution is 2.22. The van der Waals surface area contributed by atoms with Crippen LogP contribution in [0.25, 0.3) is 22.8 Å². The zero-order chi connectivity index (χ0) is 20.2. The Hall–Kier alpha value is -3.65. The Labute approximate surface area is 169 Å². The molecule has 0 aliphatic rings. The van der Waals surface area contributed by atoms with Gasteiger partial charge in [-0.25, -0.2) is 0 Å². The van der Waals surface area contributed by atoms with E-state index in [0.29, 0.717) is 22.2 Å². The van der Waals surface area contributed by atoms with E-state index in [1.54, 1.807) is 42.5 Å². The number of amides is 1. The van der Waals surface area contributed by atoms with Crippen molar-refractivity contribution in [3.63, 3.8) is 0 Å². The van der Waals surface area contributed by atoms with Gasteiger partial charge < -0.3 is 18.8 Å². The van der Waals surface area contributed by atoms with Crippen LogP contribution in [0, 0.1) is 0 Å². The van der Waals surface area contributed by atoms with E-state index in [9.17, 15) is 9.59 Å². The molecule has 8 nitrogen and oxygen atoms in total. The van der Waals surface area contributed by atoms with Gasteiger partial charge in [0, 0.05) is 22.8 Å². The normalized spacial score (nSPS) is 10.8. The molecule has 0 saturated heterocycles. The van der Waals surface area contributed by atoms with Crippen LogP contribution >= 0.6 is 11.6 Å². The first-order valence-corrected chi connectivity index (χ1v) is 9.06. The van der Waals surface area contributed by atoms with E-state index in [4.69, 9.17) is 20.5 Å². The fourth-order valence-corrected chi connectivity index (χ4v) is 2.77. The molecule has 0 unspecified atom stereocenters. The summed E-state index contributed by atoms with van der Waals surface area (Å²) in [5.41, 5.74) is 0.950. The van der Waals surface area contributed by atoms with Crippen LogP contribution in [-0.4, -0.2) is 20.6 Å². The number of furan rings is 1. The predicted molar refractivity (Wildman–Crippen MR) is 105 cm³/mol. The van der Waals surface area contributed by atoms with Gasteiger partial charge in [0.2, 0.25) is 11.7 Å². The predicted octanol–water partition coefficient (Wildman–Crippen LogP) is 3.13. The number of nitrogens with one attached hydrogen (secondary N) is 1. The summed E-state index contributed by atoms with van der Waals surface area (Å²) in [5, 5.41) is 7.26. The van der Waals surface area contributed by atoms with Gasteiger partial charge in [0.1, 0.15) is 12.3 Å². The van der Waals surface area contributed by atoms with E-state index in [-0.39, 0.29) is 30.4 Å². The van der Waals surface area contributed by atoms with Crippen LogP contribution in [0.2, 0.25) is 5.02 Å². The van der Waals surface area contributed by atoms with Crippen molar-refractivity contribution >= 4 is 17.5 Å². The Kier molecular flexibility index (Phi) is 5.26. The van der Waals surface area contributed by atoms with Gasteiger partial charge >= 0.3 is 0 Å². The van der Waals surface area contributed by atoms with Crippen LogP contribution in [0.5, 0.6) is 0 Å². The van der Waals surface area contributed by atoms with Gasteiger partial charge in [0.05, 0.1) is 18.4 Å². The third-order valence-electron chi connectivity index (χ3n) is 4.11. The highest BCUT2D eigenvalue weighted by Gasteiger charge is 2.13. The van der Waals surface area contributed by atoms with E-state index in [1.165, 1.54) is 23.1 Å². The second kappa shape index (κ2) is 8.15. The maximum Gasteiger partial charge on any atom is 0.259 e. The summed E-state index contributed by atoms with van der Waals surface area (Å²) in [6.07, 6.45) is 3.03. The molecular weight excluding hydrogens is 396 g/mol. The lowest BCUT2D eigenvalue weighted by Gasteiger charge is -2.07. The number of hydrogen-bond acceptors (Lipinski definition) is 6. The molecule has 0 bridgehead atoms. The van der Waals surface area contributed by atoms with Gasteiger partial charge in [-0.2, -0.15) is 4.98 Å². The monoisotopic (exact) mass is 410 g/mol. The third-order valence-corrected chi connectivity index (χ3v) is 4.36. The number of carbonyl (C=O) groups is 1. The van der Waals surface area contributed by atoms with Gasteiger partial charge in [0.25, 0.3) is 11.4 Å². The van der Waals surface area contributed by atoms with Crippen molar-refractivity contribution in [2.75, 3.05) is 0 Å². The first-order valence-electron chi connectivity index (χ1n) is 8.68. The van der Waals surface area contributed by atoms with Crippen LogP contribution in [0.1, 0.15) is 5.76 Å². The van der Waals surface area contributed by atoms with Crippen LogP contribution in [-0.2, 0) is 17.9 Å². The molecule has 1 N–H and O–H groups in total. The first-order chi connectivity index (χ1) is 14.1. The molecule has 4 aromatic rings. The summed E-state index contributed by atoms with van der Waals surface area (Å²) in [5.74, 6) is 0.929. The van der Waals surface area contributed by atoms with Crippen LogP contribution in [0.4, 0.5) is 0 Å². The van der Waals surface area contributed by atoms with E-state index in [0.717, 1.165) is 5.56 Å². The molecule has 3 aromatic heterocycles. The zero-order valence-corrected chi connectivity index (χ0v) is 15.8. The number of halogens is 1. The maximum atomic E-state index is 12.1. The lowest BCUT2D eigenvalue weighted by Crippen LogP contribution is -2.31. The minimum atomic E-state index is -0.326. The molecule has 0 radical (unpaired) electrons. The van der Waals surface area contributed by atoms with E-state index in [1.807, 2.05) is 0 Å². The summed E-state index contributed by atoms with van der Waals surface area (Å²) in [4.78, 5) is 28.6. The summed E-state index contributed by atoms with van der Waals surface area (Å²) in [7, 11) is 0. The third kappa shape index (κ3) is 4.44. The number of aromatic nitrogens is 3. The topological polar surface area (TPSA) is 103 Å². The van der Waals surface area contributed by atoms with Gasteiger partial charge in [-0.05, 0) is 42.5 Å². The van der Waals surface area contributed by atoms with Crippen molar-refractivity contribution < 1.29 is 13.7 Å². The van der Waals surface area contributed by atoms with E-state index < -0.39 is 0 Å². The Bertz CT molecular complexity index is 1180. The molecule has 29 heavy (non-hydrogen) atoms. The average molecular weight is 411 g/mol. The average Bonchev–Trinajstić information content (AvgIpc) is 3.41. The molecule has 1 amide bonds. The van der Waals surface area contributed by atoms with Gasteiger partial charge in [0.15, 0.2) is 0 Å². The molecule has 146 valence electrons. The standard InChI is InChI=1S/C20H15ClN4O4/c21-15-6-3-13(4-7-15)19-23-20(29-24-19)14-5-8-18(27)25(11-14)12-17(26)22-10-16-2-1-9-28-16/h1-9,11H,10,12H2,(H,22,26). The van der Waals surface area contributed by atoms with E-state index in [2.05, 4.69) is 15.5 Å². The number of hydrogen-bond donors (Lipinski definition) is 1. The summed E-state index contributed by atoms with van der Waals surface area (Å²) >= 11 is 5.89. The fraction of sp³-hybridized carbons (Fsp3) is 0.100. The lowest BCUT2D eigenvalue weighted by molar-refractivity contribution is -0.121. The molecule has 4 rings (SSSR count). The fourth-order valence-electron chi connectivity index (χ4n) is 2.65. The Morgan fingerprint density at radius 3 is 2.66 bits per heavy atom. The number of benzene rings is 1. The van der Waals surface area contributed by atoms with Gasteiger partial charge in [-0.1, -0.05) is 16.8 Å². The van der Waals surface area contributed by atoms with Crippen molar-refractivity contribution in [3.05, 3.63) is 82.1 Å². The molecule has 3 heterocycles. The van der Waals surface area contributed by atoms with Gasteiger partial charge in [-0.15, -0.1) is 0 Å². The Balaban J connectivity index is 1.50. The quantitative estimate of drug-likeness (QED) is 0.523. The Morgan fingerprint density at radius 2 is 1.90 bits per heavy atom. The second-order valence-electron chi connectivity index (χ2n) is 6.17. The van der Waals surface area contributed by atoms with Crippen LogP contribution in [0.15, 0.2) is 74.7 Å². The molecule has 0 aliphatic heterocycles. The number of carbonyl (C=O) groups excluding carboxylic acids is 1. The first kappa shape index (κ1) is 18.7. The molecule has 0 aliphatic carbocycles. The second-order valence-corrected chi connectivity index (χ2v) is 6.61. The van der Waals surface area contributed by atoms with Gasteiger partial charge in [-0.3, -0.25) is 9.59 Å². The minimum Gasteiger partial charge on any atom is -0.467 e. The SMILES string of the molecule is O=C(Cn1cc(-c2nc(-c3ccc(Cl)cc3)no2)ccc1=O)NCc1ccco1. The molecule has 0 atom stereocenters. The van der Waals surface area contributed by atoms with Crippen molar-refractivity contribution in [3.8, 4) is 22.8 Å². The molecular formula is C20H15ClN4O4. The lowest BCUT2D eigenvalue weighted by atomic mass is 10.2. The van der Waals surface area contributed by atoms with Crippen molar-refractivity contribution in [1.82, 2.24) is 20.0 Å². The molecule has 1 aromatic carbocycles. The number of nitrogens with zero attached hydrogens (tertiary/aromatic N) is 3. The number of pyridine rings is 1. The minimum absolute atomic E-state index is 0.147. The van der Waals surface area contributed by atoms with Crippen molar-refractivity contribution in [2.45, 2.75) is 13.1 Å². The highest BCUT2D eigenvalue weighted by molar-refractivity contribution is 6.30. The smallest absolute Gasteiger partial charge is 0.259 e. The van der Waals surface area contributed by atoms with Crippen molar-refractivity contribution in [1.29, 1.82) is 0 Å². The molecule has 0 spiro atoms. The number of rotatable bonds is 6. The highest BCUT2D eigenvalue weighted by atomic mass is 35.5. The van der Waals surface area contributed by atoms with Crippen LogP contribution in [0.3, 0.4) is 0 Å². The largest absolute Gasteiger partial charge is 0.467 e. The molecule has 9 heteroatoms. The summed E-state index contributed by atoms with van der Waals surface area (Å²) in [6.45, 7) is 0.0972. The molecule has 0 saturated carbocycles. The zero-order valence-electron chi connectivity index (χ0n) is 15.0. The van der Waals surface area contributed by atoms with Crippen molar-refractivity contribution in [2.24, 2.45) is 0 Å². The summed E-state index contributed by atoms with van der Waals surface area (Å²) in [6, 6.07) is 13.4. The Morgan fingerprint density at radius 1 is 1.10 bits per heavy atom. The summed E-state index contributed by atoms with van der Waals surface area (Å²) < 4.78 is 11.7. The molecule has 0 fully saturated rings. The van der Waals surface area contributed by atoms with Crippen LogP contribution < -0.4 is 10.9 Å². The van der Waals surface area contributed by atoms with E-state index >= 15 is 0 Å². The maximum absolute atomic E-state index is 12.1.